The summed E-state index contributed by atoms with van der Waals surface area (Å²) in [5.41, 5.74) is 3.67. The molecule has 2 aromatic rings. The Morgan fingerprint density at radius 3 is 1.94 bits per heavy atom. The summed E-state index contributed by atoms with van der Waals surface area (Å²) in [6, 6.07) is 14.4. The first kappa shape index (κ1) is 42.3. The minimum absolute atomic E-state index is 0.107. The first-order valence-electron chi connectivity index (χ1n) is 16.3. The summed E-state index contributed by atoms with van der Waals surface area (Å²) in [6.45, 7) is 6.62. The van der Waals surface area contributed by atoms with Crippen LogP contribution in [0.15, 0.2) is 59.6 Å². The van der Waals surface area contributed by atoms with Crippen LogP contribution in [0.25, 0.3) is 0 Å². The maximum atomic E-state index is 14.2. The highest BCUT2D eigenvalue weighted by Gasteiger charge is 2.42. The molecule has 1 aliphatic rings. The topological polar surface area (TPSA) is 169 Å². The number of aliphatic imine (C=N–C) groups is 1. The van der Waals surface area contributed by atoms with E-state index < -0.39 is 104 Å². The van der Waals surface area contributed by atoms with Crippen molar-refractivity contribution in [1.29, 1.82) is 0 Å². The van der Waals surface area contributed by atoms with E-state index >= 15 is 0 Å². The molecule has 1 heterocycles. The van der Waals surface area contributed by atoms with Gasteiger partial charge in [-0.1, -0.05) is 48.5 Å². The zero-order valence-electron chi connectivity index (χ0n) is 29.6. The number of hydrogen-bond donors (Lipinski definition) is 3. The molecule has 0 fully saturated rings. The number of alkyl carbamates (subject to hydrolysis) is 1. The monoisotopic (exact) mass is 757 g/mol. The van der Waals surface area contributed by atoms with Crippen molar-refractivity contribution in [2.24, 2.45) is 22.6 Å². The molecule has 0 aromatic heterocycles. The van der Waals surface area contributed by atoms with Crippen LogP contribution >= 0.6 is 0 Å². The Morgan fingerprint density at radius 2 is 1.40 bits per heavy atom. The Labute approximate surface area is 301 Å². The Balaban J connectivity index is 2.05. The summed E-state index contributed by atoms with van der Waals surface area (Å²) >= 11 is 0. The van der Waals surface area contributed by atoms with E-state index in [4.69, 9.17) is 15.2 Å². The standard InChI is InChI=1S/C35H41F6N5O7/c1-32(2,3)53-31(51)45-33(4,5)30(50)52-19-46-24-14-10-9-13-23(24)25(20-11-7-6-8-12-20)43-27(29(46)49)44-28(48)22(16-18-35(39,40)41)21(26(42)47)15-17-34(36,37)38/h6-14,21-22,27H,15-19H2,1-5H3,(H2,42,47)(H,44,48)(H,45,51)/t21-,22+,27?/m0/s1. The summed E-state index contributed by atoms with van der Waals surface area (Å²) in [5, 5.41) is 4.59. The number of primary amides is 1. The molecule has 0 aliphatic carbocycles. The summed E-state index contributed by atoms with van der Waals surface area (Å²) in [6.07, 6.45) is -18.1. The lowest BCUT2D eigenvalue weighted by Gasteiger charge is -2.30. The van der Waals surface area contributed by atoms with E-state index in [1.54, 1.807) is 69.3 Å². The molecule has 1 aliphatic heterocycles. The fraction of sp³-hybridized carbons (Fsp3) is 0.486. The van der Waals surface area contributed by atoms with E-state index in [9.17, 15) is 50.3 Å². The van der Waals surface area contributed by atoms with Gasteiger partial charge in [-0.15, -0.1) is 0 Å². The minimum atomic E-state index is -4.87. The van der Waals surface area contributed by atoms with Crippen LogP contribution < -0.4 is 21.3 Å². The smallest absolute Gasteiger partial charge is 0.408 e. The molecule has 0 bridgehead atoms. The fourth-order valence-electron chi connectivity index (χ4n) is 5.33. The van der Waals surface area contributed by atoms with E-state index in [0.29, 0.717) is 11.1 Å². The molecule has 290 valence electrons. The second-order valence-electron chi connectivity index (χ2n) is 13.8. The van der Waals surface area contributed by atoms with E-state index in [1.807, 2.05) is 0 Å². The maximum absolute atomic E-state index is 14.2. The van der Waals surface area contributed by atoms with Crippen molar-refractivity contribution in [3.63, 3.8) is 0 Å². The summed E-state index contributed by atoms with van der Waals surface area (Å²) < 4.78 is 90.0. The molecule has 18 heteroatoms. The summed E-state index contributed by atoms with van der Waals surface area (Å²) in [7, 11) is 0. The molecule has 0 radical (unpaired) electrons. The molecule has 0 saturated carbocycles. The van der Waals surface area contributed by atoms with Crippen LogP contribution in [-0.4, -0.2) is 71.9 Å². The predicted molar refractivity (Wildman–Crippen MR) is 179 cm³/mol. The molecule has 4 amide bonds. The molecule has 1 unspecified atom stereocenters. The number of ether oxygens (including phenoxy) is 2. The van der Waals surface area contributed by atoms with Gasteiger partial charge in [-0.2, -0.15) is 26.3 Å². The zero-order chi connectivity index (χ0) is 39.9. The fourth-order valence-corrected chi connectivity index (χ4v) is 5.33. The van der Waals surface area contributed by atoms with Gasteiger partial charge in [-0.3, -0.25) is 19.3 Å². The van der Waals surface area contributed by atoms with Crippen molar-refractivity contribution in [2.75, 3.05) is 11.6 Å². The Morgan fingerprint density at radius 1 is 0.849 bits per heavy atom. The van der Waals surface area contributed by atoms with Gasteiger partial charge in [0.25, 0.3) is 5.91 Å². The lowest BCUT2D eigenvalue weighted by Crippen LogP contribution is -2.54. The number of carbonyl (C=O) groups excluding carboxylic acids is 5. The molecule has 3 atom stereocenters. The molecule has 12 nitrogen and oxygen atoms in total. The van der Waals surface area contributed by atoms with Crippen LogP contribution in [0.4, 0.5) is 36.8 Å². The summed E-state index contributed by atoms with van der Waals surface area (Å²) in [5.74, 6) is -8.96. The van der Waals surface area contributed by atoms with Gasteiger partial charge in [0.05, 0.1) is 11.4 Å². The first-order chi connectivity index (χ1) is 24.4. The molecular weight excluding hydrogens is 716 g/mol. The van der Waals surface area contributed by atoms with Gasteiger partial charge >= 0.3 is 24.4 Å². The quantitative estimate of drug-likeness (QED) is 0.179. The van der Waals surface area contributed by atoms with Crippen molar-refractivity contribution in [2.45, 2.75) is 90.0 Å². The molecule has 4 N–H and O–H groups in total. The van der Waals surface area contributed by atoms with Crippen molar-refractivity contribution in [3.05, 3.63) is 65.7 Å². The van der Waals surface area contributed by atoms with Gasteiger partial charge in [0.1, 0.15) is 11.1 Å². The number of benzodiazepines with no additional fused rings is 1. The highest BCUT2D eigenvalue weighted by atomic mass is 19.4. The van der Waals surface area contributed by atoms with Crippen LogP contribution in [0.1, 0.15) is 71.4 Å². The van der Waals surface area contributed by atoms with Crippen molar-refractivity contribution in [3.8, 4) is 0 Å². The van der Waals surface area contributed by atoms with Crippen molar-refractivity contribution in [1.82, 2.24) is 10.6 Å². The number of nitrogens with zero attached hydrogens (tertiary/aromatic N) is 2. The third-order valence-corrected chi connectivity index (χ3v) is 7.85. The number of anilines is 1. The molecule has 2 aromatic carbocycles. The van der Waals surface area contributed by atoms with Gasteiger partial charge in [-0.05, 0) is 53.5 Å². The predicted octanol–water partition coefficient (Wildman–Crippen LogP) is 5.52. The highest BCUT2D eigenvalue weighted by molar-refractivity contribution is 6.20. The maximum Gasteiger partial charge on any atom is 0.408 e. The number of benzene rings is 2. The van der Waals surface area contributed by atoms with Crippen LogP contribution in [0.3, 0.4) is 0 Å². The van der Waals surface area contributed by atoms with Crippen LogP contribution in [0.5, 0.6) is 0 Å². The van der Waals surface area contributed by atoms with Gasteiger partial charge in [0.2, 0.25) is 18.0 Å². The van der Waals surface area contributed by atoms with Gasteiger partial charge in [0.15, 0.2) is 6.73 Å². The number of para-hydroxylation sites is 1. The number of amides is 4. The SMILES string of the molecule is CC(C)(C)OC(=O)NC(C)(C)C(=O)OCN1C(=O)C(NC(=O)[C@H](CCC(F)(F)F)[C@H](CCC(F)(F)F)C(N)=O)N=C(c2ccccc2)c2ccccc21. The van der Waals surface area contributed by atoms with E-state index in [1.165, 1.54) is 19.9 Å². The largest absolute Gasteiger partial charge is 0.444 e. The zero-order valence-corrected chi connectivity index (χ0v) is 29.6. The Bertz CT molecular complexity index is 1690. The third kappa shape index (κ3) is 12.5. The number of hydrogen-bond acceptors (Lipinski definition) is 8. The van der Waals surface area contributed by atoms with Gasteiger partial charge in [0, 0.05) is 35.8 Å². The van der Waals surface area contributed by atoms with Crippen LogP contribution in [0.2, 0.25) is 0 Å². The average Bonchev–Trinajstić information content (AvgIpc) is 3.13. The Kier molecular flexibility index (Phi) is 13.3. The van der Waals surface area contributed by atoms with Crippen LogP contribution in [0, 0.1) is 11.8 Å². The first-order valence-corrected chi connectivity index (χ1v) is 16.3. The second-order valence-corrected chi connectivity index (χ2v) is 13.8. The van der Waals surface area contributed by atoms with Gasteiger partial charge < -0.3 is 25.8 Å². The number of carbonyl (C=O) groups is 5. The molecule has 0 spiro atoms. The molecule has 3 rings (SSSR count). The average molecular weight is 758 g/mol. The number of fused-ring (bicyclic) bond motifs is 1. The molecular formula is C35H41F6N5O7. The number of alkyl halides is 6. The summed E-state index contributed by atoms with van der Waals surface area (Å²) in [4.78, 5) is 71.2. The highest BCUT2D eigenvalue weighted by Crippen LogP contribution is 2.34. The number of nitrogens with one attached hydrogen (secondary N) is 2. The van der Waals surface area contributed by atoms with Crippen LogP contribution in [-0.2, 0) is 28.7 Å². The second kappa shape index (κ2) is 16.7. The Hall–Kier alpha value is -5.16. The van der Waals surface area contributed by atoms with E-state index in [0.717, 1.165) is 4.90 Å². The van der Waals surface area contributed by atoms with Gasteiger partial charge in [-0.25, -0.2) is 14.6 Å². The third-order valence-electron chi connectivity index (χ3n) is 7.85. The number of esters is 1. The van der Waals surface area contributed by atoms with Crippen molar-refractivity contribution < 1.29 is 59.8 Å². The lowest BCUT2D eigenvalue weighted by atomic mass is 9.83. The van der Waals surface area contributed by atoms with E-state index in [2.05, 4.69) is 15.6 Å². The minimum Gasteiger partial charge on any atom is -0.444 e. The lowest BCUT2D eigenvalue weighted by molar-refractivity contribution is -0.152. The normalized spacial score (nSPS) is 16.4. The molecule has 53 heavy (non-hydrogen) atoms. The number of nitrogens with two attached hydrogens (primary N) is 1. The molecule has 0 saturated heterocycles. The van der Waals surface area contributed by atoms with E-state index in [-0.39, 0.29) is 11.4 Å². The number of halogens is 6. The number of rotatable bonds is 13. The van der Waals surface area contributed by atoms with Crippen molar-refractivity contribution >= 4 is 41.2 Å².